The maximum absolute atomic E-state index is 15.9. The second-order valence-electron chi connectivity index (χ2n) is 15.3. The fraction of sp³-hybridized carbons (Fsp3) is 0.200. The van der Waals surface area contributed by atoms with Crippen molar-refractivity contribution >= 4 is 46.9 Å². The second kappa shape index (κ2) is 14.6. The van der Waals surface area contributed by atoms with Gasteiger partial charge in [0.05, 0.1) is 5.75 Å². The highest BCUT2D eigenvalue weighted by atomic mass is 31.1. The van der Waals surface area contributed by atoms with Crippen molar-refractivity contribution in [3.05, 3.63) is 163 Å². The minimum atomic E-state index is -2.81. The molecule has 0 saturated carbocycles. The lowest BCUT2D eigenvalue weighted by atomic mass is 9.35. The number of ether oxygens (including phenoxy) is 1. The van der Waals surface area contributed by atoms with Gasteiger partial charge in [-0.25, -0.2) is 43.9 Å². The zero-order chi connectivity index (χ0) is 42.4. The quantitative estimate of drug-likeness (QED) is 0.0535. The third-order valence-corrected chi connectivity index (χ3v) is 14.1. The van der Waals surface area contributed by atoms with Crippen LogP contribution < -0.4 is 37.0 Å². The largest absolute Gasteiger partial charge is 0.459 e. The zero-order valence-corrected chi connectivity index (χ0v) is 33.4. The lowest BCUT2D eigenvalue weighted by Gasteiger charge is -2.41. The highest BCUT2D eigenvalue weighted by Crippen LogP contribution is 2.51. The van der Waals surface area contributed by atoms with Crippen molar-refractivity contribution in [2.75, 3.05) is 0 Å². The standard InChI is InChI=1S/C45H34BF10OP/c1-19-15-21(3)43(22(4)16-19)58(44-23(5)17-20(2)18-24(44)6)28-14-10-12-26-42(28)57-41-25(45(26,7)8)11-9-13-27(41)46(29-31(47)35(51)39(55)36(52)32(29)48)30-33(49)37(53)40(56)38(54)34(30)50/h9-18H,1-8H3/q-1. The first-order chi connectivity index (χ1) is 27.2. The van der Waals surface area contributed by atoms with Crippen LogP contribution in [0.4, 0.5) is 43.9 Å². The van der Waals surface area contributed by atoms with Gasteiger partial charge in [0, 0.05) is 21.8 Å². The van der Waals surface area contributed by atoms with Crippen molar-refractivity contribution < 1.29 is 48.6 Å². The van der Waals surface area contributed by atoms with Gasteiger partial charge in [0.1, 0.15) is 29.0 Å². The van der Waals surface area contributed by atoms with Crippen molar-refractivity contribution in [3.63, 3.8) is 0 Å². The molecular weight excluding hydrogens is 788 g/mol. The van der Waals surface area contributed by atoms with E-state index in [1.807, 2.05) is 53.7 Å². The second-order valence-corrected chi connectivity index (χ2v) is 17.4. The molecule has 1 nitrogen and oxygen atoms in total. The van der Waals surface area contributed by atoms with Crippen LogP contribution in [0.3, 0.4) is 0 Å². The first-order valence-electron chi connectivity index (χ1n) is 18.1. The van der Waals surface area contributed by atoms with E-state index in [-0.39, 0.29) is 17.1 Å². The van der Waals surface area contributed by atoms with Crippen LogP contribution in [0, 0.1) is 99.7 Å². The van der Waals surface area contributed by atoms with Crippen LogP contribution in [0.2, 0.25) is 0 Å². The maximum atomic E-state index is 15.9. The summed E-state index contributed by atoms with van der Waals surface area (Å²) in [6.45, 7) is 12.7. The van der Waals surface area contributed by atoms with E-state index in [1.165, 1.54) is 12.1 Å². The first kappa shape index (κ1) is 41.1. The first-order valence-corrected chi connectivity index (χ1v) is 19.5. The summed E-state index contributed by atoms with van der Waals surface area (Å²) in [5.74, 6) is -25.3. The van der Waals surface area contributed by atoms with Crippen molar-refractivity contribution in [1.29, 1.82) is 0 Å². The number of hydrogen-bond acceptors (Lipinski definition) is 1. The van der Waals surface area contributed by atoms with E-state index >= 15 is 17.6 Å². The van der Waals surface area contributed by atoms with Gasteiger partial charge in [-0.1, -0.05) is 85.6 Å². The van der Waals surface area contributed by atoms with Crippen LogP contribution in [0.5, 0.6) is 11.5 Å². The minimum absolute atomic E-state index is 0.238. The van der Waals surface area contributed by atoms with E-state index < -0.39 is 94.6 Å². The molecule has 0 N–H and O–H groups in total. The van der Waals surface area contributed by atoms with E-state index in [4.69, 9.17) is 4.74 Å². The summed E-state index contributed by atoms with van der Waals surface area (Å²) in [5, 5.41) is 2.67. The number of fused-ring (bicyclic) bond motifs is 2. The molecule has 299 valence electrons. The van der Waals surface area contributed by atoms with Gasteiger partial charge in [0.15, 0.2) is 34.9 Å². The summed E-state index contributed by atoms with van der Waals surface area (Å²) in [5.41, 5.74) is 1.45. The smallest absolute Gasteiger partial charge is 0.200 e. The molecule has 1 aliphatic rings. The average Bonchev–Trinajstić information content (AvgIpc) is 3.15. The number of rotatable bonds is 6. The van der Waals surface area contributed by atoms with Gasteiger partial charge in [0.2, 0.25) is 0 Å². The topological polar surface area (TPSA) is 9.23 Å². The Balaban J connectivity index is 1.59. The molecule has 6 aromatic carbocycles. The summed E-state index contributed by atoms with van der Waals surface area (Å²) in [6.07, 6.45) is 0. The normalized spacial score (nSPS) is 13.2. The maximum Gasteiger partial charge on any atom is 0.200 e. The number of halogens is 10. The Bertz CT molecular complexity index is 2500. The van der Waals surface area contributed by atoms with E-state index in [0.29, 0.717) is 10.9 Å². The molecule has 0 saturated heterocycles. The molecule has 1 radical (unpaired) electrons. The summed E-state index contributed by atoms with van der Waals surface area (Å²) in [4.78, 5) is 0. The minimum Gasteiger partial charge on any atom is -0.459 e. The molecule has 13 heteroatoms. The molecule has 0 amide bonds. The van der Waals surface area contributed by atoms with Gasteiger partial charge >= 0.3 is 0 Å². The fourth-order valence-corrected chi connectivity index (χ4v) is 11.5. The molecule has 6 aromatic rings. The Morgan fingerprint density at radius 1 is 0.466 bits per heavy atom. The molecule has 0 aliphatic carbocycles. The number of aryl methyl sites for hydroxylation is 6. The average molecular weight is 823 g/mol. The van der Waals surface area contributed by atoms with Crippen LogP contribution in [0.25, 0.3) is 0 Å². The number of hydrogen-bond donors (Lipinski definition) is 0. The molecular formula is C45H34BF10OP-. The SMILES string of the molecule is Cc1cc(C)c(P(c2cccc3c2Oc2c([B-](c4c(F)c(F)c(F)c(F)c4F)c4c(F)c(F)c(F)c(F)c4F)cccc2C3(C)C)c2c(C)cc(C)cc2C)c(C)c1. The third-order valence-electron chi connectivity index (χ3n) is 10.9. The molecule has 0 atom stereocenters. The summed E-state index contributed by atoms with van der Waals surface area (Å²) >= 11 is 0. The molecule has 0 aromatic heterocycles. The lowest BCUT2D eigenvalue weighted by molar-refractivity contribution is 0.382. The Kier molecular flexibility index (Phi) is 10.4. The highest BCUT2D eigenvalue weighted by Gasteiger charge is 2.40. The zero-order valence-electron chi connectivity index (χ0n) is 32.5. The van der Waals surface area contributed by atoms with Crippen LogP contribution in [-0.4, -0.2) is 6.71 Å². The van der Waals surface area contributed by atoms with E-state index in [9.17, 15) is 26.3 Å². The van der Waals surface area contributed by atoms with E-state index in [2.05, 4.69) is 24.3 Å². The van der Waals surface area contributed by atoms with Gasteiger partial charge in [-0.15, -0.1) is 0 Å². The van der Waals surface area contributed by atoms with Gasteiger partial charge in [0.25, 0.3) is 0 Å². The predicted octanol–water partition coefficient (Wildman–Crippen LogP) is 9.63. The van der Waals surface area contributed by atoms with Crippen LogP contribution >= 0.6 is 7.92 Å². The summed E-state index contributed by atoms with van der Waals surface area (Å²) in [6, 6.07) is 17.6. The van der Waals surface area contributed by atoms with Crippen molar-refractivity contribution in [2.45, 2.75) is 60.8 Å². The van der Waals surface area contributed by atoms with Crippen molar-refractivity contribution in [1.82, 2.24) is 0 Å². The molecule has 7 rings (SSSR count). The Labute approximate surface area is 330 Å². The van der Waals surface area contributed by atoms with Crippen LogP contribution in [-0.2, 0) is 5.41 Å². The Hall–Kier alpha value is -5.09. The van der Waals surface area contributed by atoms with E-state index in [0.717, 1.165) is 50.1 Å². The molecule has 1 heterocycles. The summed E-state index contributed by atoms with van der Waals surface area (Å²) < 4.78 is 159. The number of para-hydroxylation sites is 2. The van der Waals surface area contributed by atoms with Crippen molar-refractivity contribution in [2.24, 2.45) is 0 Å². The molecule has 0 fully saturated rings. The monoisotopic (exact) mass is 822 g/mol. The van der Waals surface area contributed by atoms with Gasteiger partial charge in [-0.2, -0.15) is 16.4 Å². The highest BCUT2D eigenvalue weighted by molar-refractivity contribution is 7.80. The van der Waals surface area contributed by atoms with Gasteiger partial charge in [-0.3, -0.25) is 0 Å². The number of benzene rings is 6. The molecule has 0 spiro atoms. The van der Waals surface area contributed by atoms with Crippen LogP contribution in [0.15, 0.2) is 60.7 Å². The summed E-state index contributed by atoms with van der Waals surface area (Å²) in [7, 11) is -1.50. The predicted molar refractivity (Wildman–Crippen MR) is 209 cm³/mol. The Morgan fingerprint density at radius 3 is 1.21 bits per heavy atom. The fourth-order valence-electron chi connectivity index (χ4n) is 8.54. The molecule has 0 bridgehead atoms. The molecule has 0 unspecified atom stereocenters. The van der Waals surface area contributed by atoms with Crippen molar-refractivity contribution in [3.8, 4) is 11.5 Å². The lowest BCUT2D eigenvalue weighted by Crippen LogP contribution is -2.58. The van der Waals surface area contributed by atoms with Gasteiger partial charge < -0.3 is 4.74 Å². The van der Waals surface area contributed by atoms with Gasteiger partial charge in [-0.05, 0) is 89.0 Å². The molecule has 58 heavy (non-hydrogen) atoms. The Morgan fingerprint density at radius 2 is 0.810 bits per heavy atom. The molecule has 1 aliphatic heterocycles. The van der Waals surface area contributed by atoms with Crippen LogP contribution in [0.1, 0.15) is 58.4 Å². The van der Waals surface area contributed by atoms with E-state index in [1.54, 1.807) is 19.9 Å². The third kappa shape index (κ3) is 6.21.